The van der Waals surface area contributed by atoms with Gasteiger partial charge in [0, 0.05) is 17.3 Å². The average Bonchev–Trinajstić information content (AvgIpc) is 3.20. The molecule has 2 aliphatic carbocycles. The Bertz CT molecular complexity index is 827. The Hall–Kier alpha value is -1.73. The number of nitrogens with two attached hydrogens (primary N) is 1. The normalized spacial score (nSPS) is 25.1. The second-order valence-electron chi connectivity index (χ2n) is 8.05. The predicted octanol–water partition coefficient (Wildman–Crippen LogP) is 3.24. The van der Waals surface area contributed by atoms with Crippen molar-refractivity contribution < 1.29 is 9.53 Å². The molecule has 1 fully saturated rings. The lowest BCUT2D eigenvalue weighted by atomic mass is 9.92. The van der Waals surface area contributed by atoms with Crippen molar-refractivity contribution in [3.63, 3.8) is 0 Å². The van der Waals surface area contributed by atoms with Crippen LogP contribution in [0.25, 0.3) is 10.2 Å². The van der Waals surface area contributed by atoms with Crippen molar-refractivity contribution in [1.82, 2.24) is 14.9 Å². The van der Waals surface area contributed by atoms with Crippen molar-refractivity contribution in [1.29, 1.82) is 0 Å². The third kappa shape index (κ3) is 3.80. The molecule has 0 saturated heterocycles. The SMILES string of the molecule is CN(C)C1CCC(Oc2ncnc3sc4c(c23)[C@@H](CCC(N)=O)CC4)CC1. The number of primary amides is 1. The van der Waals surface area contributed by atoms with E-state index in [2.05, 4.69) is 29.0 Å². The molecule has 0 radical (unpaired) electrons. The molecule has 0 spiro atoms. The highest BCUT2D eigenvalue weighted by molar-refractivity contribution is 7.19. The van der Waals surface area contributed by atoms with Gasteiger partial charge in [-0.1, -0.05) is 0 Å². The quantitative estimate of drug-likeness (QED) is 0.821. The Morgan fingerprint density at radius 3 is 2.74 bits per heavy atom. The minimum Gasteiger partial charge on any atom is -0.474 e. The van der Waals surface area contributed by atoms with Gasteiger partial charge >= 0.3 is 0 Å². The van der Waals surface area contributed by atoms with E-state index in [0.717, 1.165) is 61.0 Å². The van der Waals surface area contributed by atoms with E-state index in [9.17, 15) is 4.79 Å². The molecule has 2 aromatic rings. The van der Waals surface area contributed by atoms with Crippen molar-refractivity contribution >= 4 is 27.5 Å². The van der Waals surface area contributed by atoms with Crippen LogP contribution >= 0.6 is 11.3 Å². The lowest BCUT2D eigenvalue weighted by Gasteiger charge is -2.32. The van der Waals surface area contributed by atoms with Crippen molar-refractivity contribution in [3.05, 3.63) is 16.8 Å². The largest absolute Gasteiger partial charge is 0.474 e. The summed E-state index contributed by atoms with van der Waals surface area (Å²) in [5, 5.41) is 1.08. The topological polar surface area (TPSA) is 81.3 Å². The van der Waals surface area contributed by atoms with Crippen LogP contribution in [0.2, 0.25) is 0 Å². The molecule has 4 rings (SSSR count). The van der Waals surface area contributed by atoms with Gasteiger partial charge in [0.15, 0.2) is 0 Å². The van der Waals surface area contributed by atoms with E-state index in [1.165, 1.54) is 10.4 Å². The molecule has 0 aliphatic heterocycles. The maximum atomic E-state index is 11.2. The fourth-order valence-electron chi connectivity index (χ4n) is 4.57. The van der Waals surface area contributed by atoms with Gasteiger partial charge in [-0.05, 0) is 70.5 Å². The molecule has 146 valence electrons. The number of amides is 1. The van der Waals surface area contributed by atoms with E-state index >= 15 is 0 Å². The van der Waals surface area contributed by atoms with E-state index in [0.29, 0.717) is 18.4 Å². The molecule has 2 N–H and O–H groups in total. The monoisotopic (exact) mass is 388 g/mol. The number of hydrogen-bond donors (Lipinski definition) is 1. The molecule has 0 aromatic carbocycles. The Morgan fingerprint density at radius 2 is 2.04 bits per heavy atom. The molecular formula is C20H28N4O2S. The first-order valence-corrected chi connectivity index (χ1v) is 10.7. The number of fused-ring (bicyclic) bond motifs is 3. The van der Waals surface area contributed by atoms with E-state index in [1.54, 1.807) is 17.7 Å². The van der Waals surface area contributed by atoms with Gasteiger partial charge in [0.25, 0.3) is 0 Å². The minimum absolute atomic E-state index is 0.223. The van der Waals surface area contributed by atoms with Gasteiger partial charge in [-0.25, -0.2) is 9.97 Å². The third-order valence-electron chi connectivity index (χ3n) is 6.09. The third-order valence-corrected chi connectivity index (χ3v) is 7.26. The van der Waals surface area contributed by atoms with E-state index < -0.39 is 0 Å². The first-order chi connectivity index (χ1) is 13.0. The second kappa shape index (κ2) is 7.72. The van der Waals surface area contributed by atoms with Crippen LogP contribution in [0.4, 0.5) is 0 Å². The zero-order valence-corrected chi connectivity index (χ0v) is 16.9. The number of thiophene rings is 1. The number of hydrogen-bond acceptors (Lipinski definition) is 6. The summed E-state index contributed by atoms with van der Waals surface area (Å²) in [7, 11) is 4.31. The standard InChI is InChI=1S/C20H28N4O2S/c1-24(2)13-5-7-14(8-6-13)26-19-18-17-12(4-10-16(21)25)3-9-15(17)27-20(18)23-11-22-19/h11-14H,3-10H2,1-2H3,(H2,21,25)/t12-,13?,14?/m1/s1. The summed E-state index contributed by atoms with van der Waals surface area (Å²) in [5.41, 5.74) is 6.69. The van der Waals surface area contributed by atoms with Crippen molar-refractivity contribution in [2.24, 2.45) is 5.73 Å². The number of carbonyl (C=O) groups excluding carboxylic acids is 1. The van der Waals surface area contributed by atoms with Gasteiger partial charge in [-0.15, -0.1) is 11.3 Å². The summed E-state index contributed by atoms with van der Waals surface area (Å²) in [6.07, 6.45) is 9.64. The average molecular weight is 389 g/mol. The highest BCUT2D eigenvalue weighted by Crippen LogP contribution is 2.47. The van der Waals surface area contributed by atoms with E-state index in [4.69, 9.17) is 10.5 Å². The second-order valence-corrected chi connectivity index (χ2v) is 9.13. The van der Waals surface area contributed by atoms with Crippen LogP contribution in [0.5, 0.6) is 5.88 Å². The zero-order chi connectivity index (χ0) is 19.0. The Kier molecular flexibility index (Phi) is 5.32. The van der Waals surface area contributed by atoms with Crippen LogP contribution in [0.3, 0.4) is 0 Å². The number of aryl methyl sites for hydroxylation is 1. The molecule has 1 amide bonds. The zero-order valence-electron chi connectivity index (χ0n) is 16.1. The molecule has 6 nitrogen and oxygen atoms in total. The molecule has 27 heavy (non-hydrogen) atoms. The lowest BCUT2D eigenvalue weighted by Crippen LogP contribution is -2.35. The highest BCUT2D eigenvalue weighted by Gasteiger charge is 2.31. The first kappa shape index (κ1) is 18.6. The fraction of sp³-hybridized carbons (Fsp3) is 0.650. The van der Waals surface area contributed by atoms with Gasteiger partial charge in [-0.3, -0.25) is 4.79 Å². The van der Waals surface area contributed by atoms with E-state index in [-0.39, 0.29) is 12.0 Å². The van der Waals surface area contributed by atoms with E-state index in [1.807, 2.05) is 0 Å². The number of rotatable bonds is 6. The lowest BCUT2D eigenvalue weighted by molar-refractivity contribution is -0.118. The van der Waals surface area contributed by atoms with Crippen LogP contribution < -0.4 is 10.5 Å². The van der Waals surface area contributed by atoms with Gasteiger partial charge in [0.1, 0.15) is 17.3 Å². The summed E-state index contributed by atoms with van der Waals surface area (Å²) >= 11 is 1.75. The number of aromatic nitrogens is 2. The summed E-state index contributed by atoms with van der Waals surface area (Å²) in [5.74, 6) is 0.865. The smallest absolute Gasteiger partial charge is 0.225 e. The molecule has 0 unspecified atom stereocenters. The highest BCUT2D eigenvalue weighted by atomic mass is 32.1. The maximum Gasteiger partial charge on any atom is 0.225 e. The molecule has 1 atom stereocenters. The van der Waals surface area contributed by atoms with Crippen molar-refractivity contribution in [2.45, 2.75) is 69.4 Å². The van der Waals surface area contributed by atoms with Crippen LogP contribution in [0.1, 0.15) is 61.3 Å². The number of carbonyl (C=O) groups is 1. The fourth-order valence-corrected chi connectivity index (χ4v) is 5.80. The Balaban J connectivity index is 1.56. The minimum atomic E-state index is -0.228. The molecular weight excluding hydrogens is 360 g/mol. The Morgan fingerprint density at radius 1 is 1.26 bits per heavy atom. The molecule has 7 heteroatoms. The molecule has 2 heterocycles. The van der Waals surface area contributed by atoms with Crippen molar-refractivity contribution in [3.8, 4) is 5.88 Å². The van der Waals surface area contributed by atoms with Crippen LogP contribution in [0, 0.1) is 0 Å². The van der Waals surface area contributed by atoms with Crippen LogP contribution in [-0.4, -0.2) is 47.0 Å². The van der Waals surface area contributed by atoms with Crippen LogP contribution in [-0.2, 0) is 11.2 Å². The molecule has 0 bridgehead atoms. The number of nitrogens with zero attached hydrogens (tertiary/aromatic N) is 3. The first-order valence-electron chi connectivity index (χ1n) is 9.90. The maximum absolute atomic E-state index is 11.2. The summed E-state index contributed by atoms with van der Waals surface area (Å²) in [4.78, 5) is 24.9. The predicted molar refractivity (Wildman–Crippen MR) is 107 cm³/mol. The summed E-state index contributed by atoms with van der Waals surface area (Å²) in [6.45, 7) is 0. The van der Waals surface area contributed by atoms with Crippen molar-refractivity contribution in [2.75, 3.05) is 14.1 Å². The molecule has 2 aliphatic rings. The summed E-state index contributed by atoms with van der Waals surface area (Å²) in [6, 6.07) is 0.652. The summed E-state index contributed by atoms with van der Waals surface area (Å²) < 4.78 is 6.40. The molecule has 1 saturated carbocycles. The van der Waals surface area contributed by atoms with Crippen LogP contribution in [0.15, 0.2) is 6.33 Å². The van der Waals surface area contributed by atoms with Gasteiger partial charge in [-0.2, -0.15) is 0 Å². The van der Waals surface area contributed by atoms with Gasteiger partial charge in [0.05, 0.1) is 5.39 Å². The Labute approximate surface area is 164 Å². The number of ether oxygens (including phenoxy) is 1. The van der Waals surface area contributed by atoms with Gasteiger partial charge in [0.2, 0.25) is 11.8 Å². The van der Waals surface area contributed by atoms with Gasteiger partial charge < -0.3 is 15.4 Å². The molecule has 2 aromatic heterocycles.